The van der Waals surface area contributed by atoms with E-state index in [1.807, 2.05) is 6.20 Å². The lowest BCUT2D eigenvalue weighted by Gasteiger charge is -2.21. The molecule has 72 valence electrons. The molecule has 1 N–H and O–H groups in total. The number of rotatable bonds is 2. The molecule has 1 aromatic rings. The summed E-state index contributed by atoms with van der Waals surface area (Å²) >= 11 is 7.39. The van der Waals surface area contributed by atoms with Crippen LogP contribution in [0.25, 0.3) is 0 Å². The van der Waals surface area contributed by atoms with Gasteiger partial charge in [-0.2, -0.15) is 0 Å². The molecule has 1 aliphatic heterocycles. The normalized spacial score (nSPS) is 19.2. The van der Waals surface area contributed by atoms with Crippen molar-refractivity contribution in [2.24, 2.45) is 5.92 Å². The number of hydrogen-bond acceptors (Lipinski definition) is 3. The third-order valence-electron chi connectivity index (χ3n) is 2.47. The summed E-state index contributed by atoms with van der Waals surface area (Å²) in [6.45, 7) is 2.33. The zero-order valence-corrected chi connectivity index (χ0v) is 9.00. The van der Waals surface area contributed by atoms with Crippen molar-refractivity contribution in [2.45, 2.75) is 19.3 Å². The molecule has 0 saturated carbocycles. The Morgan fingerprint density at radius 3 is 2.92 bits per heavy atom. The molecular formula is C9H13ClN2S. The fourth-order valence-electron chi connectivity index (χ4n) is 1.75. The largest absolute Gasteiger partial charge is 0.317 e. The van der Waals surface area contributed by atoms with Crippen molar-refractivity contribution in [1.29, 1.82) is 0 Å². The Bertz CT molecular complexity index is 268. The van der Waals surface area contributed by atoms with Gasteiger partial charge in [0, 0.05) is 11.1 Å². The Hall–Kier alpha value is -0.120. The predicted molar refractivity (Wildman–Crippen MR) is 56.4 cm³/mol. The van der Waals surface area contributed by atoms with Gasteiger partial charge in [0.15, 0.2) is 4.47 Å². The van der Waals surface area contributed by atoms with Gasteiger partial charge in [-0.05, 0) is 38.3 Å². The van der Waals surface area contributed by atoms with Crippen LogP contribution in [0.1, 0.15) is 17.7 Å². The van der Waals surface area contributed by atoms with Crippen LogP contribution >= 0.6 is 22.9 Å². The highest BCUT2D eigenvalue weighted by molar-refractivity contribution is 7.15. The molecule has 2 rings (SSSR count). The van der Waals surface area contributed by atoms with E-state index in [9.17, 15) is 0 Å². The second kappa shape index (κ2) is 4.40. The summed E-state index contributed by atoms with van der Waals surface area (Å²) in [5.41, 5.74) is 0. The highest BCUT2D eigenvalue weighted by Crippen LogP contribution is 2.24. The number of nitrogens with one attached hydrogen (secondary N) is 1. The molecular weight excluding hydrogens is 204 g/mol. The van der Waals surface area contributed by atoms with Crippen LogP contribution in [0.2, 0.25) is 4.47 Å². The van der Waals surface area contributed by atoms with Crippen LogP contribution in [0.3, 0.4) is 0 Å². The minimum absolute atomic E-state index is 0.670. The van der Waals surface area contributed by atoms with Gasteiger partial charge in [-0.3, -0.25) is 0 Å². The molecule has 0 spiro atoms. The van der Waals surface area contributed by atoms with Gasteiger partial charge in [-0.15, -0.1) is 11.3 Å². The van der Waals surface area contributed by atoms with E-state index in [0.717, 1.165) is 25.4 Å². The SMILES string of the molecule is Clc1ncc(CC2CCNCC2)s1. The molecule has 1 saturated heterocycles. The van der Waals surface area contributed by atoms with Crippen LogP contribution in [0.15, 0.2) is 6.20 Å². The smallest absolute Gasteiger partial charge is 0.183 e. The maximum Gasteiger partial charge on any atom is 0.183 e. The lowest BCUT2D eigenvalue weighted by Crippen LogP contribution is -2.28. The Morgan fingerprint density at radius 1 is 1.54 bits per heavy atom. The van der Waals surface area contributed by atoms with Crippen molar-refractivity contribution in [3.8, 4) is 0 Å². The first-order valence-corrected chi connectivity index (χ1v) is 5.85. The molecule has 4 heteroatoms. The van der Waals surface area contributed by atoms with Gasteiger partial charge in [-0.1, -0.05) is 11.6 Å². The van der Waals surface area contributed by atoms with Crippen LogP contribution in [-0.2, 0) is 6.42 Å². The molecule has 0 atom stereocenters. The van der Waals surface area contributed by atoms with Gasteiger partial charge in [0.2, 0.25) is 0 Å². The molecule has 0 radical (unpaired) electrons. The highest BCUT2D eigenvalue weighted by Gasteiger charge is 2.14. The Morgan fingerprint density at radius 2 is 2.31 bits per heavy atom. The van der Waals surface area contributed by atoms with E-state index >= 15 is 0 Å². The zero-order valence-electron chi connectivity index (χ0n) is 7.42. The van der Waals surface area contributed by atoms with Gasteiger partial charge in [0.25, 0.3) is 0 Å². The fourth-order valence-corrected chi connectivity index (χ4v) is 2.84. The second-order valence-corrected chi connectivity index (χ2v) is 5.17. The molecule has 0 bridgehead atoms. The monoisotopic (exact) mass is 216 g/mol. The molecule has 0 aliphatic carbocycles. The second-order valence-electron chi connectivity index (χ2n) is 3.48. The quantitative estimate of drug-likeness (QED) is 0.821. The number of piperidine rings is 1. The number of nitrogens with zero attached hydrogens (tertiary/aromatic N) is 1. The van der Waals surface area contributed by atoms with E-state index in [2.05, 4.69) is 10.3 Å². The lowest BCUT2D eigenvalue weighted by molar-refractivity contribution is 0.374. The molecule has 0 amide bonds. The summed E-state index contributed by atoms with van der Waals surface area (Å²) in [6.07, 6.45) is 5.64. The summed E-state index contributed by atoms with van der Waals surface area (Å²) < 4.78 is 0.670. The van der Waals surface area contributed by atoms with Crippen LogP contribution in [-0.4, -0.2) is 18.1 Å². The molecule has 2 heterocycles. The lowest BCUT2D eigenvalue weighted by atomic mass is 9.94. The number of hydrogen-bond donors (Lipinski definition) is 1. The maximum absolute atomic E-state index is 5.77. The molecule has 1 aromatic heterocycles. The van der Waals surface area contributed by atoms with Crippen molar-refractivity contribution in [3.05, 3.63) is 15.5 Å². The molecule has 13 heavy (non-hydrogen) atoms. The first-order valence-electron chi connectivity index (χ1n) is 4.65. The summed E-state index contributed by atoms with van der Waals surface area (Å²) in [4.78, 5) is 5.38. The van der Waals surface area contributed by atoms with Crippen molar-refractivity contribution >= 4 is 22.9 Å². The Labute approximate surface area is 87.3 Å². The van der Waals surface area contributed by atoms with Gasteiger partial charge in [0.1, 0.15) is 0 Å². The van der Waals surface area contributed by atoms with E-state index in [1.54, 1.807) is 11.3 Å². The van der Waals surface area contributed by atoms with Crippen molar-refractivity contribution in [3.63, 3.8) is 0 Å². The summed E-state index contributed by atoms with van der Waals surface area (Å²) in [5, 5.41) is 3.37. The average molecular weight is 217 g/mol. The Balaban J connectivity index is 1.89. The van der Waals surface area contributed by atoms with Crippen molar-refractivity contribution < 1.29 is 0 Å². The average Bonchev–Trinajstić information content (AvgIpc) is 2.53. The van der Waals surface area contributed by atoms with Crippen molar-refractivity contribution in [2.75, 3.05) is 13.1 Å². The minimum Gasteiger partial charge on any atom is -0.317 e. The van der Waals surface area contributed by atoms with Crippen LogP contribution in [0.5, 0.6) is 0 Å². The number of aromatic nitrogens is 1. The molecule has 0 unspecified atom stereocenters. The van der Waals surface area contributed by atoms with E-state index in [1.165, 1.54) is 17.7 Å². The topological polar surface area (TPSA) is 24.9 Å². The third kappa shape index (κ3) is 2.66. The zero-order chi connectivity index (χ0) is 9.10. The third-order valence-corrected chi connectivity index (χ3v) is 3.61. The van der Waals surface area contributed by atoms with E-state index in [4.69, 9.17) is 11.6 Å². The van der Waals surface area contributed by atoms with E-state index < -0.39 is 0 Å². The first kappa shape index (κ1) is 9.44. The van der Waals surface area contributed by atoms with Gasteiger partial charge >= 0.3 is 0 Å². The van der Waals surface area contributed by atoms with Crippen molar-refractivity contribution in [1.82, 2.24) is 10.3 Å². The van der Waals surface area contributed by atoms with Crippen LogP contribution in [0.4, 0.5) is 0 Å². The molecule has 0 aromatic carbocycles. The number of halogens is 1. The molecule has 1 fully saturated rings. The number of thiazole rings is 1. The van der Waals surface area contributed by atoms with Crippen LogP contribution < -0.4 is 5.32 Å². The fraction of sp³-hybridized carbons (Fsp3) is 0.667. The predicted octanol–water partition coefficient (Wildman–Crippen LogP) is 2.34. The summed E-state index contributed by atoms with van der Waals surface area (Å²) in [5.74, 6) is 0.831. The van der Waals surface area contributed by atoms with Crippen LogP contribution in [0, 0.1) is 5.92 Å². The summed E-state index contributed by atoms with van der Waals surface area (Å²) in [7, 11) is 0. The minimum atomic E-state index is 0.670. The maximum atomic E-state index is 5.77. The molecule has 1 aliphatic rings. The Kier molecular flexibility index (Phi) is 3.19. The van der Waals surface area contributed by atoms with Gasteiger partial charge in [-0.25, -0.2) is 4.98 Å². The highest BCUT2D eigenvalue weighted by atomic mass is 35.5. The molecule has 2 nitrogen and oxygen atoms in total. The summed E-state index contributed by atoms with van der Waals surface area (Å²) in [6, 6.07) is 0. The van der Waals surface area contributed by atoms with Gasteiger partial charge < -0.3 is 5.32 Å². The van der Waals surface area contributed by atoms with E-state index in [0.29, 0.717) is 4.47 Å². The first-order chi connectivity index (χ1) is 6.34. The standard InChI is InChI=1S/C9H13ClN2S/c10-9-12-6-8(13-9)5-7-1-3-11-4-2-7/h6-7,11H,1-5H2. The van der Waals surface area contributed by atoms with Gasteiger partial charge in [0.05, 0.1) is 0 Å². The van der Waals surface area contributed by atoms with E-state index in [-0.39, 0.29) is 0 Å².